The maximum atomic E-state index is 14.0. The molecule has 4 atom stereocenters. The summed E-state index contributed by atoms with van der Waals surface area (Å²) in [4.78, 5) is 84.9. The molecule has 2 aliphatic rings. The molecule has 23 heteroatoms. The Labute approximate surface area is 501 Å². The monoisotopic (exact) mass is 1190 g/mol. The number of benzene rings is 2. The van der Waals surface area contributed by atoms with E-state index in [0.29, 0.717) is 30.9 Å². The van der Waals surface area contributed by atoms with Gasteiger partial charge in [-0.05, 0) is 92.6 Å². The highest BCUT2D eigenvalue weighted by Crippen LogP contribution is 2.33. The van der Waals surface area contributed by atoms with Gasteiger partial charge >= 0.3 is 0 Å². The summed E-state index contributed by atoms with van der Waals surface area (Å²) in [5, 5.41) is 39.5. The third kappa shape index (κ3) is 17.4. The normalized spacial score (nSPS) is 16.5. The third-order valence-corrected chi connectivity index (χ3v) is 16.4. The number of aliphatic hydroxyl groups is 2. The number of fused-ring (bicyclic) bond motifs is 1. The molecular formula is C62H84N12O10S. The molecule has 7 N–H and O–H groups in total. The number of ether oxygens (including phenoxy) is 3. The van der Waals surface area contributed by atoms with Crippen molar-refractivity contribution < 1.29 is 43.6 Å². The number of carbonyl (C=O) groups excluding carboxylic acids is 4. The molecular weight excluding hydrogens is 1100 g/mol. The number of pyridine rings is 2. The number of nitrogens with zero attached hydrogens (tertiary/aromatic N) is 7. The number of β-amino-alcohol motifs (C(OH)–C–C–N with tert-alkyl or cyclic N) is 1. The fourth-order valence-electron chi connectivity index (χ4n) is 10.7. The Morgan fingerprint density at radius 2 is 1.49 bits per heavy atom. The summed E-state index contributed by atoms with van der Waals surface area (Å²) < 4.78 is 18.8. The number of H-pyrrole nitrogens is 1. The van der Waals surface area contributed by atoms with E-state index >= 15 is 0 Å². The van der Waals surface area contributed by atoms with Gasteiger partial charge in [0.05, 0.1) is 73.5 Å². The second-order valence-electron chi connectivity index (χ2n) is 23.3. The summed E-state index contributed by atoms with van der Waals surface area (Å²) in [7, 11) is 0. The second kappa shape index (κ2) is 29.9. The molecule has 2 aliphatic heterocycles. The summed E-state index contributed by atoms with van der Waals surface area (Å²) in [5.41, 5.74) is 9.40. The molecule has 1 unspecified atom stereocenters. The minimum Gasteiger partial charge on any atom is -0.391 e. The second-order valence-corrected chi connectivity index (χ2v) is 24.1. The Morgan fingerprint density at radius 3 is 2.13 bits per heavy atom. The topological polar surface area (TPSA) is 271 Å². The number of rotatable bonds is 28. The van der Waals surface area contributed by atoms with Crippen LogP contribution in [0, 0.1) is 26.2 Å². The quantitative estimate of drug-likeness (QED) is 0.0250. The van der Waals surface area contributed by atoms with Gasteiger partial charge in [0.2, 0.25) is 23.6 Å². The zero-order valence-electron chi connectivity index (χ0n) is 50.2. The first kappa shape index (κ1) is 64.0. The van der Waals surface area contributed by atoms with E-state index < -0.39 is 35.7 Å². The maximum Gasteiger partial charge on any atom is 0.252 e. The van der Waals surface area contributed by atoms with Crippen LogP contribution in [-0.4, -0.2) is 172 Å². The van der Waals surface area contributed by atoms with E-state index in [9.17, 15) is 34.2 Å². The number of nitrogens with one attached hydrogen (secondary N) is 5. The summed E-state index contributed by atoms with van der Waals surface area (Å²) in [5.74, 6) is -0.390. The Morgan fingerprint density at radius 1 is 0.812 bits per heavy atom. The number of likely N-dealkylation sites (tertiary alicyclic amines) is 1. The molecule has 8 rings (SSSR count). The van der Waals surface area contributed by atoms with Crippen molar-refractivity contribution in [3.8, 4) is 21.6 Å². The molecule has 22 nitrogen and oxygen atoms in total. The molecule has 4 aromatic heterocycles. The number of hydrogen-bond donors (Lipinski definition) is 7. The van der Waals surface area contributed by atoms with Gasteiger partial charge in [0.15, 0.2) is 0 Å². The van der Waals surface area contributed by atoms with Crippen LogP contribution in [0.15, 0.2) is 77.3 Å². The molecule has 2 fully saturated rings. The van der Waals surface area contributed by atoms with Crippen LogP contribution in [0.2, 0.25) is 0 Å². The lowest BCUT2D eigenvalue weighted by atomic mass is 9.85. The lowest BCUT2D eigenvalue weighted by Crippen LogP contribution is -2.57. The van der Waals surface area contributed by atoms with Crippen LogP contribution < -0.4 is 31.7 Å². The van der Waals surface area contributed by atoms with Crippen molar-refractivity contribution in [1.82, 2.24) is 55.8 Å². The van der Waals surface area contributed by atoms with Crippen LogP contribution >= 0.6 is 11.3 Å². The molecule has 6 aromatic rings. The Bertz CT molecular complexity index is 3260. The van der Waals surface area contributed by atoms with Crippen molar-refractivity contribution in [1.29, 1.82) is 0 Å². The Balaban J connectivity index is 0.665. The molecule has 0 aliphatic carbocycles. The van der Waals surface area contributed by atoms with Gasteiger partial charge in [-0.15, -0.1) is 11.3 Å². The zero-order chi connectivity index (χ0) is 60.8. The molecule has 0 bridgehead atoms. The van der Waals surface area contributed by atoms with Crippen molar-refractivity contribution in [2.24, 2.45) is 5.41 Å². The van der Waals surface area contributed by atoms with Crippen molar-refractivity contribution in [3.63, 3.8) is 0 Å². The van der Waals surface area contributed by atoms with Crippen molar-refractivity contribution in [2.75, 3.05) is 90.4 Å². The number of aromatic amines is 1. The first-order valence-corrected chi connectivity index (χ1v) is 30.2. The SMILES string of the molecule is Cc1cc(C)c(CNC(O)c2cc(-c3ccc(N4CCN(CCNC(=O)CCOCCOCCOCCC(=O)N[C@H](C(=O)N5C[C@H](O)C[C@H]5C(=O)NCc5ccc(-c6scnc6C)cc5)C(C)(C)C)CC4)nc3)cc3c2cnn3C(C)C)c(=O)[nH]1. The van der Waals surface area contributed by atoms with Crippen LogP contribution in [0.5, 0.6) is 0 Å². The molecule has 0 spiro atoms. The summed E-state index contributed by atoms with van der Waals surface area (Å²) >= 11 is 1.57. The number of hydrogen-bond acceptors (Lipinski definition) is 17. The average Bonchev–Trinajstić information content (AvgIpc) is 2.38. The van der Waals surface area contributed by atoms with Gasteiger partial charge in [-0.25, -0.2) is 9.97 Å². The lowest BCUT2D eigenvalue weighted by molar-refractivity contribution is -0.144. The summed E-state index contributed by atoms with van der Waals surface area (Å²) in [6.07, 6.45) is 2.04. The molecule has 4 amide bonds. The Kier molecular flexibility index (Phi) is 22.5. The van der Waals surface area contributed by atoms with E-state index in [1.165, 1.54) is 4.90 Å². The number of carbonyl (C=O) groups is 4. The highest BCUT2D eigenvalue weighted by Gasteiger charge is 2.44. The van der Waals surface area contributed by atoms with Gasteiger partial charge in [-0.3, -0.25) is 38.9 Å². The van der Waals surface area contributed by atoms with E-state index in [1.807, 2.05) is 100 Å². The highest BCUT2D eigenvalue weighted by atomic mass is 32.1. The van der Waals surface area contributed by atoms with Crippen molar-refractivity contribution in [2.45, 2.75) is 118 Å². The number of amides is 4. The summed E-state index contributed by atoms with van der Waals surface area (Å²) in [6.45, 7) is 21.8. The molecule has 458 valence electrons. The fraction of sp³-hybridized carbons (Fsp3) is 0.516. The van der Waals surface area contributed by atoms with Crippen LogP contribution in [0.3, 0.4) is 0 Å². The van der Waals surface area contributed by atoms with Crippen LogP contribution in [0.25, 0.3) is 32.5 Å². The highest BCUT2D eigenvalue weighted by molar-refractivity contribution is 7.13. The van der Waals surface area contributed by atoms with E-state index in [1.54, 1.807) is 17.5 Å². The molecule has 0 radical (unpaired) electrons. The predicted octanol–water partition coefficient (Wildman–Crippen LogP) is 5.07. The molecule has 2 aromatic carbocycles. The first-order valence-electron chi connectivity index (χ1n) is 29.3. The third-order valence-electron chi connectivity index (χ3n) is 15.4. The van der Waals surface area contributed by atoms with Gasteiger partial charge in [-0.1, -0.05) is 45.0 Å². The largest absolute Gasteiger partial charge is 0.391 e. The van der Waals surface area contributed by atoms with E-state index in [-0.39, 0.29) is 94.6 Å². The smallest absolute Gasteiger partial charge is 0.252 e. The minimum absolute atomic E-state index is 0.00788. The van der Waals surface area contributed by atoms with Gasteiger partial charge in [0, 0.05) is 118 Å². The van der Waals surface area contributed by atoms with Crippen molar-refractivity contribution in [3.05, 3.63) is 116 Å². The molecule has 0 saturated carbocycles. The van der Waals surface area contributed by atoms with Gasteiger partial charge in [0.1, 0.15) is 24.1 Å². The lowest BCUT2D eigenvalue weighted by Gasteiger charge is -2.35. The van der Waals surface area contributed by atoms with Crippen LogP contribution in [-0.2, 0) is 46.5 Å². The Hall–Kier alpha value is -6.96. The van der Waals surface area contributed by atoms with Gasteiger partial charge in [-0.2, -0.15) is 5.10 Å². The van der Waals surface area contributed by atoms with Crippen LogP contribution in [0.1, 0.15) is 99.8 Å². The number of aromatic nitrogens is 5. The number of thiazole rings is 1. The number of piperazine rings is 1. The minimum atomic E-state index is -1.06. The number of aliphatic hydroxyl groups excluding tert-OH is 2. The standard InChI is InChI=1S/C62H84N12O10S/c1-39(2)74-51-31-46(30-48(50(51)36-68-74)58(78)66-35-49-40(3)29-41(4)69-59(49)79)45-13-14-53(64-34-45)72-21-19-71(20-22-72)18-17-63-54(76)15-23-82-25-27-84-28-26-83-24-16-55(77)70-57(62(6,7)8)61(81)73-37-47(75)32-52(73)60(80)65-33-43-9-11-44(12-10-43)56-42(5)67-38-85-56/h9-14,29-31,34,36,38-39,47,52,57-58,66,75,78H,15-28,32-33,35,37H2,1-8H3,(H,63,76)(H,65,80)(H,69,79)(H,70,77)/t47-,52+,57-,58?/m1/s1. The first-order chi connectivity index (χ1) is 40.7. The molecule has 85 heavy (non-hydrogen) atoms. The van der Waals surface area contributed by atoms with Gasteiger partial charge in [0.25, 0.3) is 5.56 Å². The van der Waals surface area contributed by atoms with Crippen molar-refractivity contribution >= 4 is 51.7 Å². The molecule has 6 heterocycles. The zero-order valence-corrected chi connectivity index (χ0v) is 51.1. The maximum absolute atomic E-state index is 14.0. The number of aryl methyl sites for hydroxylation is 3. The predicted molar refractivity (Wildman–Crippen MR) is 327 cm³/mol. The fourth-order valence-corrected chi connectivity index (χ4v) is 11.5. The van der Waals surface area contributed by atoms with Gasteiger partial charge < -0.3 is 55.2 Å². The average molecular weight is 1190 g/mol. The van der Waals surface area contributed by atoms with Crippen LogP contribution in [0.4, 0.5) is 5.82 Å². The summed E-state index contributed by atoms with van der Waals surface area (Å²) in [6, 6.07) is 16.2. The van der Waals surface area contributed by atoms with E-state index in [4.69, 9.17) is 19.2 Å². The number of anilines is 1. The van der Waals surface area contributed by atoms with E-state index in [2.05, 4.69) is 72.1 Å². The molecule has 2 saturated heterocycles. The van der Waals surface area contributed by atoms with E-state index in [0.717, 1.165) is 93.5 Å².